The molecule has 0 saturated heterocycles. The van der Waals surface area contributed by atoms with Crippen molar-refractivity contribution in [1.82, 2.24) is 5.32 Å². The van der Waals surface area contributed by atoms with Crippen molar-refractivity contribution in [3.8, 4) is 5.75 Å². The number of para-hydroxylation sites is 1. The summed E-state index contributed by atoms with van der Waals surface area (Å²) in [5.74, 6) is 0.648. The highest BCUT2D eigenvalue weighted by Crippen LogP contribution is 2.19. The van der Waals surface area contributed by atoms with Crippen LogP contribution in [0.3, 0.4) is 0 Å². The zero-order valence-electron chi connectivity index (χ0n) is 12.6. The molecular weight excluding hydrogens is 265 g/mol. The van der Waals surface area contributed by atoms with Gasteiger partial charge in [-0.1, -0.05) is 37.3 Å². The number of halogens is 1. The minimum atomic E-state index is -0.225. The van der Waals surface area contributed by atoms with Crippen LogP contribution in [0.4, 0.5) is 4.39 Å². The van der Waals surface area contributed by atoms with E-state index >= 15 is 0 Å². The maximum atomic E-state index is 12.9. The van der Waals surface area contributed by atoms with Gasteiger partial charge in [0, 0.05) is 18.2 Å². The standard InChI is InChI=1S/C18H22FNO/c1-3-14(2)20-12-16-6-4-5-7-18(16)21-13-15-8-10-17(19)11-9-15/h4-11,14,20H,3,12-13H2,1-2H3. The molecule has 1 unspecified atom stereocenters. The van der Waals surface area contributed by atoms with Crippen LogP contribution in [0.25, 0.3) is 0 Å². The Hall–Kier alpha value is -1.87. The SMILES string of the molecule is CCC(C)NCc1ccccc1OCc1ccc(F)cc1. The van der Waals surface area contributed by atoms with Crippen LogP contribution in [0.2, 0.25) is 0 Å². The van der Waals surface area contributed by atoms with Gasteiger partial charge in [-0.15, -0.1) is 0 Å². The van der Waals surface area contributed by atoms with Crippen LogP contribution in [-0.4, -0.2) is 6.04 Å². The number of hydrogen-bond donors (Lipinski definition) is 1. The summed E-state index contributed by atoms with van der Waals surface area (Å²) < 4.78 is 18.7. The molecule has 0 heterocycles. The summed E-state index contributed by atoms with van der Waals surface area (Å²) in [5, 5.41) is 3.47. The number of nitrogens with one attached hydrogen (secondary N) is 1. The topological polar surface area (TPSA) is 21.3 Å². The second-order valence-corrected chi connectivity index (χ2v) is 5.21. The smallest absolute Gasteiger partial charge is 0.124 e. The van der Waals surface area contributed by atoms with Gasteiger partial charge in [-0.2, -0.15) is 0 Å². The van der Waals surface area contributed by atoms with Crippen LogP contribution in [-0.2, 0) is 13.2 Å². The Kier molecular flexibility index (Phi) is 5.76. The first-order valence-corrected chi connectivity index (χ1v) is 7.37. The Labute approximate surface area is 126 Å². The van der Waals surface area contributed by atoms with Gasteiger partial charge in [-0.25, -0.2) is 4.39 Å². The van der Waals surface area contributed by atoms with E-state index in [4.69, 9.17) is 4.74 Å². The molecule has 1 atom stereocenters. The molecule has 2 nitrogen and oxygen atoms in total. The molecule has 0 fully saturated rings. The Morgan fingerprint density at radius 1 is 1.10 bits per heavy atom. The molecule has 0 radical (unpaired) electrons. The van der Waals surface area contributed by atoms with Gasteiger partial charge in [0.2, 0.25) is 0 Å². The van der Waals surface area contributed by atoms with Gasteiger partial charge in [-0.05, 0) is 37.1 Å². The van der Waals surface area contributed by atoms with E-state index in [-0.39, 0.29) is 5.82 Å². The molecule has 21 heavy (non-hydrogen) atoms. The van der Waals surface area contributed by atoms with Crippen LogP contribution < -0.4 is 10.1 Å². The highest BCUT2D eigenvalue weighted by Gasteiger charge is 2.05. The fraction of sp³-hybridized carbons (Fsp3) is 0.333. The Balaban J connectivity index is 1.97. The minimum absolute atomic E-state index is 0.225. The number of benzene rings is 2. The highest BCUT2D eigenvalue weighted by molar-refractivity contribution is 5.33. The normalized spacial score (nSPS) is 12.1. The van der Waals surface area contributed by atoms with Crippen molar-refractivity contribution in [1.29, 1.82) is 0 Å². The number of ether oxygens (including phenoxy) is 1. The third kappa shape index (κ3) is 4.87. The molecule has 0 bridgehead atoms. The van der Waals surface area contributed by atoms with E-state index < -0.39 is 0 Å². The van der Waals surface area contributed by atoms with E-state index in [0.29, 0.717) is 12.6 Å². The first kappa shape index (κ1) is 15.5. The monoisotopic (exact) mass is 287 g/mol. The summed E-state index contributed by atoms with van der Waals surface area (Å²) in [7, 11) is 0. The molecule has 0 aliphatic carbocycles. The molecule has 0 saturated carbocycles. The lowest BCUT2D eigenvalue weighted by atomic mass is 10.1. The predicted molar refractivity (Wildman–Crippen MR) is 83.8 cm³/mol. The highest BCUT2D eigenvalue weighted by atomic mass is 19.1. The molecule has 0 aliphatic heterocycles. The van der Waals surface area contributed by atoms with E-state index in [0.717, 1.165) is 29.8 Å². The van der Waals surface area contributed by atoms with E-state index in [9.17, 15) is 4.39 Å². The Morgan fingerprint density at radius 2 is 1.81 bits per heavy atom. The molecule has 0 aromatic heterocycles. The van der Waals surface area contributed by atoms with Crippen LogP contribution in [0.5, 0.6) is 5.75 Å². The number of hydrogen-bond acceptors (Lipinski definition) is 2. The van der Waals surface area contributed by atoms with E-state index in [1.165, 1.54) is 12.1 Å². The van der Waals surface area contributed by atoms with Gasteiger partial charge in [0.1, 0.15) is 18.2 Å². The van der Waals surface area contributed by atoms with Gasteiger partial charge in [0.25, 0.3) is 0 Å². The summed E-state index contributed by atoms with van der Waals surface area (Å²) >= 11 is 0. The summed E-state index contributed by atoms with van der Waals surface area (Å²) in [4.78, 5) is 0. The molecule has 2 aromatic carbocycles. The molecule has 3 heteroatoms. The lowest BCUT2D eigenvalue weighted by molar-refractivity contribution is 0.301. The third-order valence-corrected chi connectivity index (χ3v) is 3.53. The zero-order chi connectivity index (χ0) is 15.1. The van der Waals surface area contributed by atoms with Crippen molar-refractivity contribution < 1.29 is 9.13 Å². The number of rotatable bonds is 7. The quantitative estimate of drug-likeness (QED) is 0.820. The molecule has 0 spiro atoms. The van der Waals surface area contributed by atoms with Crippen molar-refractivity contribution in [2.75, 3.05) is 0 Å². The summed E-state index contributed by atoms with van der Waals surface area (Å²) in [6.45, 7) is 5.56. The van der Waals surface area contributed by atoms with Gasteiger partial charge < -0.3 is 10.1 Å². The lowest BCUT2D eigenvalue weighted by Crippen LogP contribution is -2.24. The molecule has 1 N–H and O–H groups in total. The zero-order valence-corrected chi connectivity index (χ0v) is 12.6. The molecule has 2 aromatic rings. The summed E-state index contributed by atoms with van der Waals surface area (Å²) in [6, 6.07) is 14.9. The van der Waals surface area contributed by atoms with Crippen molar-refractivity contribution in [2.45, 2.75) is 39.5 Å². The molecule has 0 aliphatic rings. The lowest BCUT2D eigenvalue weighted by Gasteiger charge is -2.15. The van der Waals surface area contributed by atoms with Crippen molar-refractivity contribution in [2.24, 2.45) is 0 Å². The van der Waals surface area contributed by atoms with Gasteiger partial charge in [0.05, 0.1) is 0 Å². The van der Waals surface area contributed by atoms with E-state index in [1.54, 1.807) is 12.1 Å². The summed E-state index contributed by atoms with van der Waals surface area (Å²) in [5.41, 5.74) is 2.10. The van der Waals surface area contributed by atoms with Crippen LogP contribution in [0.1, 0.15) is 31.4 Å². The Bertz CT molecular complexity index is 553. The van der Waals surface area contributed by atoms with Crippen LogP contribution in [0, 0.1) is 5.82 Å². The average Bonchev–Trinajstić information content (AvgIpc) is 2.52. The largest absolute Gasteiger partial charge is 0.489 e. The minimum Gasteiger partial charge on any atom is -0.489 e. The fourth-order valence-electron chi connectivity index (χ4n) is 1.96. The van der Waals surface area contributed by atoms with E-state index in [2.05, 4.69) is 25.2 Å². The third-order valence-electron chi connectivity index (χ3n) is 3.53. The maximum Gasteiger partial charge on any atom is 0.124 e. The van der Waals surface area contributed by atoms with Crippen LogP contribution in [0.15, 0.2) is 48.5 Å². The maximum absolute atomic E-state index is 12.9. The van der Waals surface area contributed by atoms with Gasteiger partial charge in [0.15, 0.2) is 0 Å². The Morgan fingerprint density at radius 3 is 2.52 bits per heavy atom. The van der Waals surface area contributed by atoms with Crippen molar-refractivity contribution >= 4 is 0 Å². The summed E-state index contributed by atoms with van der Waals surface area (Å²) in [6.07, 6.45) is 1.10. The second-order valence-electron chi connectivity index (χ2n) is 5.21. The van der Waals surface area contributed by atoms with Gasteiger partial charge >= 0.3 is 0 Å². The fourth-order valence-corrected chi connectivity index (χ4v) is 1.96. The van der Waals surface area contributed by atoms with Gasteiger partial charge in [-0.3, -0.25) is 0 Å². The van der Waals surface area contributed by atoms with Crippen molar-refractivity contribution in [3.05, 3.63) is 65.5 Å². The first-order valence-electron chi connectivity index (χ1n) is 7.37. The molecule has 0 amide bonds. The predicted octanol–water partition coefficient (Wildman–Crippen LogP) is 4.29. The second kappa shape index (κ2) is 7.79. The van der Waals surface area contributed by atoms with E-state index in [1.807, 2.05) is 18.2 Å². The van der Waals surface area contributed by atoms with Crippen molar-refractivity contribution in [3.63, 3.8) is 0 Å². The molecule has 112 valence electrons. The molecule has 2 rings (SSSR count). The first-order chi connectivity index (χ1) is 10.2. The molecular formula is C18H22FNO. The average molecular weight is 287 g/mol. The van der Waals surface area contributed by atoms with Crippen LogP contribution >= 0.6 is 0 Å².